The first-order chi connectivity index (χ1) is 7.38. The Kier molecular flexibility index (Phi) is 4.74. The summed E-state index contributed by atoms with van der Waals surface area (Å²) in [6.45, 7) is 7.10. The van der Waals surface area contributed by atoms with E-state index >= 15 is 0 Å². The zero-order chi connectivity index (χ0) is 12.2. The van der Waals surface area contributed by atoms with E-state index in [0.717, 1.165) is 26.1 Å². The van der Waals surface area contributed by atoms with Gasteiger partial charge < -0.3 is 15.2 Å². The summed E-state index contributed by atoms with van der Waals surface area (Å²) in [5.74, 6) is 0.0920. The Morgan fingerprint density at radius 1 is 1.56 bits per heavy atom. The Morgan fingerprint density at radius 3 is 2.75 bits per heavy atom. The number of hydrogen-bond acceptors (Lipinski definition) is 4. The molecule has 0 amide bonds. The fraction of sp³-hybridized carbons (Fsp3) is 0.917. The molecule has 94 valence electrons. The van der Waals surface area contributed by atoms with Crippen LogP contribution in [-0.4, -0.2) is 30.8 Å². The average Bonchev–Trinajstić information content (AvgIpc) is 2.16. The van der Waals surface area contributed by atoms with Crippen molar-refractivity contribution in [2.75, 3.05) is 13.2 Å². The molecule has 0 saturated carbocycles. The molecular formula is C12H23NO3. The second-order valence-electron chi connectivity index (χ2n) is 5.46. The largest absolute Gasteiger partial charge is 0.459 e. The first-order valence-corrected chi connectivity index (χ1v) is 5.94. The highest BCUT2D eigenvalue weighted by Crippen LogP contribution is 2.19. The van der Waals surface area contributed by atoms with Gasteiger partial charge in [0.2, 0.25) is 0 Å². The molecule has 0 aromatic heterocycles. The van der Waals surface area contributed by atoms with Crippen molar-refractivity contribution in [3.63, 3.8) is 0 Å². The standard InChI is InChI=1S/C12H23NO3/c1-12(2,3)16-11(14)10(13)7-9-5-4-6-15-8-9/h9-10H,4-8,13H2,1-3H3. The van der Waals surface area contributed by atoms with Crippen LogP contribution < -0.4 is 5.73 Å². The molecule has 16 heavy (non-hydrogen) atoms. The van der Waals surface area contributed by atoms with Crippen LogP contribution in [0.2, 0.25) is 0 Å². The third-order valence-corrected chi connectivity index (χ3v) is 2.55. The van der Waals surface area contributed by atoms with Crippen molar-refractivity contribution in [1.29, 1.82) is 0 Å². The molecular weight excluding hydrogens is 206 g/mol. The second-order valence-corrected chi connectivity index (χ2v) is 5.46. The summed E-state index contributed by atoms with van der Waals surface area (Å²) in [6.07, 6.45) is 2.82. The lowest BCUT2D eigenvalue weighted by Crippen LogP contribution is -2.39. The van der Waals surface area contributed by atoms with Crippen molar-refractivity contribution in [2.45, 2.75) is 51.7 Å². The number of nitrogens with two attached hydrogens (primary N) is 1. The van der Waals surface area contributed by atoms with Crippen molar-refractivity contribution in [3.8, 4) is 0 Å². The Morgan fingerprint density at radius 2 is 2.25 bits per heavy atom. The molecule has 0 spiro atoms. The fourth-order valence-corrected chi connectivity index (χ4v) is 1.83. The predicted octanol–water partition coefficient (Wildman–Crippen LogP) is 1.47. The van der Waals surface area contributed by atoms with Crippen LogP contribution in [0.25, 0.3) is 0 Å². The molecule has 1 saturated heterocycles. The lowest BCUT2D eigenvalue weighted by atomic mass is 9.94. The summed E-state index contributed by atoms with van der Waals surface area (Å²) in [6, 6.07) is -0.522. The van der Waals surface area contributed by atoms with E-state index in [9.17, 15) is 4.79 Å². The molecule has 0 aromatic rings. The van der Waals surface area contributed by atoms with Gasteiger partial charge in [-0.1, -0.05) is 0 Å². The monoisotopic (exact) mass is 229 g/mol. The van der Waals surface area contributed by atoms with Gasteiger partial charge >= 0.3 is 5.97 Å². The molecule has 1 fully saturated rings. The van der Waals surface area contributed by atoms with Crippen LogP contribution in [0, 0.1) is 5.92 Å². The van der Waals surface area contributed by atoms with E-state index < -0.39 is 11.6 Å². The molecule has 2 atom stereocenters. The van der Waals surface area contributed by atoms with Gasteiger partial charge in [0.25, 0.3) is 0 Å². The topological polar surface area (TPSA) is 61.5 Å². The van der Waals surface area contributed by atoms with Gasteiger partial charge in [-0.3, -0.25) is 4.79 Å². The average molecular weight is 229 g/mol. The maximum absolute atomic E-state index is 11.6. The summed E-state index contributed by atoms with van der Waals surface area (Å²) in [5, 5.41) is 0. The minimum absolute atomic E-state index is 0.307. The minimum Gasteiger partial charge on any atom is -0.459 e. The molecule has 0 radical (unpaired) electrons. The summed E-state index contributed by atoms with van der Waals surface area (Å²) in [5.41, 5.74) is 5.36. The van der Waals surface area contributed by atoms with Crippen LogP contribution in [0.4, 0.5) is 0 Å². The van der Waals surface area contributed by atoms with E-state index in [0.29, 0.717) is 12.3 Å². The molecule has 2 N–H and O–H groups in total. The van der Waals surface area contributed by atoms with E-state index in [1.807, 2.05) is 20.8 Å². The van der Waals surface area contributed by atoms with Crippen LogP contribution in [0.3, 0.4) is 0 Å². The number of rotatable bonds is 3. The Labute approximate surface area is 97.5 Å². The van der Waals surface area contributed by atoms with Gasteiger partial charge in [-0.25, -0.2) is 0 Å². The Balaban J connectivity index is 2.33. The van der Waals surface area contributed by atoms with E-state index in [1.54, 1.807) is 0 Å². The third kappa shape index (κ3) is 4.94. The second kappa shape index (κ2) is 5.64. The molecule has 0 aliphatic carbocycles. The molecule has 4 heteroatoms. The molecule has 1 aliphatic rings. The van der Waals surface area contributed by atoms with Crippen LogP contribution in [0.5, 0.6) is 0 Å². The number of carbonyl (C=O) groups is 1. The first-order valence-electron chi connectivity index (χ1n) is 5.94. The number of hydrogen-bond donors (Lipinski definition) is 1. The van der Waals surface area contributed by atoms with Gasteiger partial charge in [0.15, 0.2) is 0 Å². The normalized spacial score (nSPS) is 23.9. The lowest BCUT2D eigenvalue weighted by Gasteiger charge is -2.26. The van der Waals surface area contributed by atoms with E-state index in [4.69, 9.17) is 15.2 Å². The highest BCUT2D eigenvalue weighted by molar-refractivity contribution is 5.75. The zero-order valence-corrected chi connectivity index (χ0v) is 10.5. The van der Waals surface area contributed by atoms with Crippen molar-refractivity contribution < 1.29 is 14.3 Å². The molecule has 0 aromatic carbocycles. The van der Waals surface area contributed by atoms with Crippen molar-refractivity contribution in [3.05, 3.63) is 0 Å². The van der Waals surface area contributed by atoms with Crippen molar-refractivity contribution in [1.82, 2.24) is 0 Å². The third-order valence-electron chi connectivity index (χ3n) is 2.55. The molecule has 1 heterocycles. The summed E-state index contributed by atoms with van der Waals surface area (Å²) >= 11 is 0. The Hall–Kier alpha value is -0.610. The zero-order valence-electron chi connectivity index (χ0n) is 10.5. The quantitative estimate of drug-likeness (QED) is 0.744. The van der Waals surface area contributed by atoms with Gasteiger partial charge in [0.1, 0.15) is 11.6 Å². The van der Waals surface area contributed by atoms with E-state index in [-0.39, 0.29) is 5.97 Å². The molecule has 0 bridgehead atoms. The number of ether oxygens (including phenoxy) is 2. The van der Waals surface area contributed by atoms with Gasteiger partial charge in [-0.05, 0) is 46.0 Å². The van der Waals surface area contributed by atoms with Crippen molar-refractivity contribution in [2.24, 2.45) is 11.7 Å². The van der Waals surface area contributed by atoms with Gasteiger partial charge in [-0.2, -0.15) is 0 Å². The van der Waals surface area contributed by atoms with Gasteiger partial charge in [0.05, 0.1) is 0 Å². The molecule has 1 aliphatic heterocycles. The summed E-state index contributed by atoms with van der Waals surface area (Å²) in [7, 11) is 0. The maximum atomic E-state index is 11.6. The number of esters is 1. The van der Waals surface area contributed by atoms with Crippen LogP contribution in [0.15, 0.2) is 0 Å². The SMILES string of the molecule is CC(C)(C)OC(=O)C(N)CC1CCCOC1. The van der Waals surface area contributed by atoms with Crippen LogP contribution in [0.1, 0.15) is 40.0 Å². The van der Waals surface area contributed by atoms with Gasteiger partial charge in [0, 0.05) is 13.2 Å². The molecule has 1 rings (SSSR count). The van der Waals surface area contributed by atoms with Crippen LogP contribution in [-0.2, 0) is 14.3 Å². The highest BCUT2D eigenvalue weighted by Gasteiger charge is 2.25. The fourth-order valence-electron chi connectivity index (χ4n) is 1.83. The van der Waals surface area contributed by atoms with E-state index in [2.05, 4.69) is 0 Å². The summed E-state index contributed by atoms with van der Waals surface area (Å²) in [4.78, 5) is 11.6. The highest BCUT2D eigenvalue weighted by atomic mass is 16.6. The van der Waals surface area contributed by atoms with Crippen LogP contribution >= 0.6 is 0 Å². The van der Waals surface area contributed by atoms with Gasteiger partial charge in [-0.15, -0.1) is 0 Å². The van der Waals surface area contributed by atoms with Crippen molar-refractivity contribution >= 4 is 5.97 Å². The lowest BCUT2D eigenvalue weighted by molar-refractivity contribution is -0.157. The predicted molar refractivity (Wildman–Crippen MR) is 62.0 cm³/mol. The first kappa shape index (κ1) is 13.5. The number of carbonyl (C=O) groups excluding carboxylic acids is 1. The minimum atomic E-state index is -0.522. The summed E-state index contributed by atoms with van der Waals surface area (Å²) < 4.78 is 10.6. The maximum Gasteiger partial charge on any atom is 0.323 e. The molecule has 4 nitrogen and oxygen atoms in total. The Bertz CT molecular complexity index is 229. The molecule has 2 unspecified atom stereocenters. The smallest absolute Gasteiger partial charge is 0.323 e. The van der Waals surface area contributed by atoms with E-state index in [1.165, 1.54) is 0 Å².